The molecular weight excluding hydrogens is 214 g/mol. The van der Waals surface area contributed by atoms with Gasteiger partial charge in [0.2, 0.25) is 0 Å². The van der Waals surface area contributed by atoms with Gasteiger partial charge in [-0.3, -0.25) is 0 Å². The lowest BCUT2D eigenvalue weighted by atomic mass is 9.87. The molecule has 0 heterocycles. The van der Waals surface area contributed by atoms with E-state index in [-0.39, 0.29) is 5.41 Å². The van der Waals surface area contributed by atoms with Gasteiger partial charge in [0, 0.05) is 21.8 Å². The van der Waals surface area contributed by atoms with Gasteiger partial charge in [0.1, 0.15) is 0 Å². The lowest BCUT2D eigenvalue weighted by Crippen LogP contribution is -2.10. The van der Waals surface area contributed by atoms with Gasteiger partial charge >= 0.3 is 0 Å². The summed E-state index contributed by atoms with van der Waals surface area (Å²) in [6.45, 7) is 6.63. The van der Waals surface area contributed by atoms with Crippen molar-refractivity contribution in [3.63, 3.8) is 0 Å². The molecule has 1 aromatic rings. The second kappa shape index (κ2) is 3.48. The third-order valence-electron chi connectivity index (χ3n) is 1.84. The first kappa shape index (κ1) is 9.59. The Balaban J connectivity index is 3.02. The smallest absolute Gasteiger partial charge is 0.0465 e. The van der Waals surface area contributed by atoms with Gasteiger partial charge in [-0.1, -0.05) is 32.9 Å². The predicted molar refractivity (Wildman–Crippen MR) is 57.7 cm³/mol. The molecule has 0 saturated heterocycles. The van der Waals surface area contributed by atoms with Crippen molar-refractivity contribution in [2.45, 2.75) is 26.2 Å². The Bertz CT molecular complexity index is 263. The molecule has 0 amide bonds. The molecule has 66 valence electrons. The highest BCUT2D eigenvalue weighted by molar-refractivity contribution is 9.10. The van der Waals surface area contributed by atoms with E-state index in [4.69, 9.17) is 0 Å². The predicted octanol–water partition coefficient (Wildman–Crippen LogP) is 3.71. The van der Waals surface area contributed by atoms with Crippen molar-refractivity contribution in [3.8, 4) is 0 Å². The minimum absolute atomic E-state index is 0.222. The fourth-order valence-electron chi connectivity index (χ4n) is 1.04. The van der Waals surface area contributed by atoms with E-state index in [1.165, 1.54) is 5.56 Å². The molecule has 0 atom stereocenters. The second-order valence-corrected chi connectivity index (χ2v) is 4.32. The van der Waals surface area contributed by atoms with Crippen LogP contribution in [0.4, 0.5) is 5.69 Å². The molecule has 2 heteroatoms. The topological polar surface area (TPSA) is 12.0 Å². The maximum atomic E-state index is 3.21. The van der Waals surface area contributed by atoms with E-state index in [9.17, 15) is 0 Å². The van der Waals surface area contributed by atoms with Gasteiger partial charge < -0.3 is 4.34 Å². The number of anilines is 1. The van der Waals surface area contributed by atoms with E-state index in [1.54, 1.807) is 0 Å². The third kappa shape index (κ3) is 2.24. The lowest BCUT2D eigenvalue weighted by molar-refractivity contribution is 0.590. The average molecular weight is 228 g/mol. The molecule has 12 heavy (non-hydrogen) atoms. The van der Waals surface area contributed by atoms with E-state index < -0.39 is 0 Å². The number of rotatable bonds is 1. The molecule has 0 bridgehead atoms. The SMILES string of the molecule is CC(C)(C)c1cccc(NBr)c1. The highest BCUT2D eigenvalue weighted by Gasteiger charge is 2.12. The number of benzene rings is 1. The maximum Gasteiger partial charge on any atom is 0.0465 e. The molecule has 1 aromatic carbocycles. The maximum absolute atomic E-state index is 3.21. The first-order chi connectivity index (χ1) is 5.54. The zero-order valence-corrected chi connectivity index (χ0v) is 9.27. The number of hydrogen-bond acceptors (Lipinski definition) is 1. The van der Waals surface area contributed by atoms with Crippen LogP contribution < -0.4 is 4.34 Å². The molecule has 0 aliphatic carbocycles. The molecule has 0 saturated carbocycles. The largest absolute Gasteiger partial charge is 0.322 e. The Morgan fingerprint density at radius 3 is 2.42 bits per heavy atom. The molecule has 0 aliphatic rings. The van der Waals surface area contributed by atoms with E-state index in [1.807, 2.05) is 6.07 Å². The molecule has 0 spiro atoms. The van der Waals surface area contributed by atoms with Gasteiger partial charge in [0.25, 0.3) is 0 Å². The van der Waals surface area contributed by atoms with Gasteiger partial charge in [0.05, 0.1) is 0 Å². The number of nitrogens with one attached hydrogen (secondary N) is 1. The van der Waals surface area contributed by atoms with Crippen LogP contribution in [0, 0.1) is 0 Å². The average Bonchev–Trinajstić information content (AvgIpc) is 2.03. The molecule has 0 fully saturated rings. The van der Waals surface area contributed by atoms with Gasteiger partial charge in [0.15, 0.2) is 0 Å². The summed E-state index contributed by atoms with van der Waals surface area (Å²) in [6, 6.07) is 8.39. The van der Waals surface area contributed by atoms with Crippen LogP contribution in [-0.2, 0) is 5.41 Å². The standard InChI is InChI=1S/C10H14BrN/c1-10(2,3)8-5-4-6-9(7-8)12-11/h4-7,12H,1-3H3. The Labute approximate surface area is 82.5 Å². The Kier molecular flexibility index (Phi) is 2.78. The first-order valence-corrected chi connectivity index (χ1v) is 4.80. The van der Waals surface area contributed by atoms with Crippen molar-refractivity contribution in [3.05, 3.63) is 29.8 Å². The molecule has 1 rings (SSSR count). The number of halogens is 1. The van der Waals surface area contributed by atoms with Crippen LogP contribution in [0.2, 0.25) is 0 Å². The lowest BCUT2D eigenvalue weighted by Gasteiger charge is -2.19. The molecule has 0 unspecified atom stereocenters. The second-order valence-electron chi connectivity index (χ2n) is 3.93. The van der Waals surface area contributed by atoms with E-state index >= 15 is 0 Å². The van der Waals surface area contributed by atoms with Crippen molar-refractivity contribution in [2.75, 3.05) is 4.34 Å². The third-order valence-corrected chi connectivity index (χ3v) is 2.30. The molecule has 0 aliphatic heterocycles. The normalized spacial score (nSPS) is 11.3. The Morgan fingerprint density at radius 1 is 1.25 bits per heavy atom. The quantitative estimate of drug-likeness (QED) is 0.722. The summed E-state index contributed by atoms with van der Waals surface area (Å²) in [6.07, 6.45) is 0. The van der Waals surface area contributed by atoms with Crippen LogP contribution >= 0.6 is 16.1 Å². The Hall–Kier alpha value is -0.500. The van der Waals surface area contributed by atoms with Crippen molar-refractivity contribution in [2.24, 2.45) is 0 Å². The van der Waals surface area contributed by atoms with Gasteiger partial charge in [-0.25, -0.2) is 0 Å². The van der Waals surface area contributed by atoms with E-state index in [0.29, 0.717) is 0 Å². The fraction of sp³-hybridized carbons (Fsp3) is 0.400. The summed E-state index contributed by atoms with van der Waals surface area (Å²) in [5, 5.41) is 0. The molecule has 1 N–H and O–H groups in total. The summed E-state index contributed by atoms with van der Waals surface area (Å²) >= 11 is 3.21. The van der Waals surface area contributed by atoms with Crippen LogP contribution in [0.5, 0.6) is 0 Å². The fourth-order valence-corrected chi connectivity index (χ4v) is 1.29. The highest BCUT2D eigenvalue weighted by atomic mass is 79.9. The van der Waals surface area contributed by atoms with Crippen molar-refractivity contribution in [1.82, 2.24) is 0 Å². The van der Waals surface area contributed by atoms with Crippen molar-refractivity contribution in [1.29, 1.82) is 0 Å². The summed E-state index contributed by atoms with van der Waals surface area (Å²) in [5.74, 6) is 0. The minimum atomic E-state index is 0.222. The first-order valence-electron chi connectivity index (χ1n) is 4.01. The molecule has 0 aromatic heterocycles. The van der Waals surface area contributed by atoms with E-state index in [0.717, 1.165) is 5.69 Å². The van der Waals surface area contributed by atoms with Crippen LogP contribution in [0.1, 0.15) is 26.3 Å². The van der Waals surface area contributed by atoms with Crippen LogP contribution in [0.15, 0.2) is 24.3 Å². The van der Waals surface area contributed by atoms with E-state index in [2.05, 4.69) is 59.5 Å². The van der Waals surface area contributed by atoms with Gasteiger partial charge in [-0.2, -0.15) is 0 Å². The summed E-state index contributed by atoms with van der Waals surface area (Å²) in [5.41, 5.74) is 2.66. The molecule has 0 radical (unpaired) electrons. The van der Waals surface area contributed by atoms with Crippen LogP contribution in [-0.4, -0.2) is 0 Å². The van der Waals surface area contributed by atoms with Crippen LogP contribution in [0.3, 0.4) is 0 Å². The molecule has 1 nitrogen and oxygen atoms in total. The molecular formula is C10H14BrN. The Morgan fingerprint density at radius 2 is 1.92 bits per heavy atom. The summed E-state index contributed by atoms with van der Waals surface area (Å²) in [4.78, 5) is 0. The van der Waals surface area contributed by atoms with Crippen molar-refractivity contribution < 1.29 is 0 Å². The van der Waals surface area contributed by atoms with Gasteiger partial charge in [-0.05, 0) is 23.1 Å². The van der Waals surface area contributed by atoms with Crippen LogP contribution in [0.25, 0.3) is 0 Å². The summed E-state index contributed by atoms with van der Waals surface area (Å²) < 4.78 is 2.95. The van der Waals surface area contributed by atoms with Crippen molar-refractivity contribution >= 4 is 21.8 Å². The minimum Gasteiger partial charge on any atom is -0.322 e. The summed E-state index contributed by atoms with van der Waals surface area (Å²) in [7, 11) is 0. The highest BCUT2D eigenvalue weighted by Crippen LogP contribution is 2.24. The monoisotopic (exact) mass is 227 g/mol. The zero-order valence-electron chi connectivity index (χ0n) is 7.69. The van der Waals surface area contributed by atoms with Gasteiger partial charge in [-0.15, -0.1) is 0 Å². The number of hydrogen-bond donors (Lipinski definition) is 1. The zero-order chi connectivity index (χ0) is 9.19.